The van der Waals surface area contributed by atoms with Crippen molar-refractivity contribution in [3.63, 3.8) is 0 Å². The van der Waals surface area contributed by atoms with E-state index in [4.69, 9.17) is 4.74 Å². The number of carbonyl (C=O) groups excluding carboxylic acids is 1. The molecule has 0 aliphatic carbocycles. The summed E-state index contributed by atoms with van der Waals surface area (Å²) in [5.41, 5.74) is 7.48. The van der Waals surface area contributed by atoms with E-state index in [2.05, 4.69) is 90.5 Å². The van der Waals surface area contributed by atoms with Crippen LogP contribution < -0.4 is 9.64 Å². The maximum atomic E-state index is 11.7. The van der Waals surface area contributed by atoms with Crippen LogP contribution in [-0.2, 0) is 4.79 Å². The summed E-state index contributed by atoms with van der Waals surface area (Å²) in [6.07, 6.45) is 7.53. The van der Waals surface area contributed by atoms with E-state index in [1.165, 1.54) is 0 Å². The zero-order valence-electron chi connectivity index (χ0n) is 22.1. The average Bonchev–Trinajstić information content (AvgIpc) is 3.03. The van der Waals surface area contributed by atoms with Crippen molar-refractivity contribution < 1.29 is 9.53 Å². The van der Waals surface area contributed by atoms with Gasteiger partial charge in [0, 0.05) is 29.2 Å². The molecule has 40 heavy (non-hydrogen) atoms. The third kappa shape index (κ3) is 6.72. The number of rotatable bonds is 9. The summed E-state index contributed by atoms with van der Waals surface area (Å²) in [5, 5.41) is 0. The van der Waals surface area contributed by atoms with E-state index in [1.54, 1.807) is 12.1 Å². The van der Waals surface area contributed by atoms with Crippen LogP contribution in [0.3, 0.4) is 0 Å². The lowest BCUT2D eigenvalue weighted by atomic mass is 9.98. The van der Waals surface area contributed by atoms with Crippen molar-refractivity contribution >= 4 is 35.1 Å². The lowest BCUT2D eigenvalue weighted by molar-refractivity contribution is -0.128. The highest BCUT2D eigenvalue weighted by molar-refractivity contribution is 5.85. The van der Waals surface area contributed by atoms with E-state index in [0.717, 1.165) is 45.3 Å². The van der Waals surface area contributed by atoms with Crippen molar-refractivity contribution in [1.82, 2.24) is 0 Å². The highest BCUT2D eigenvalue weighted by Gasteiger charge is 2.13. The maximum absolute atomic E-state index is 11.7. The summed E-state index contributed by atoms with van der Waals surface area (Å²) >= 11 is 0. The third-order valence-corrected chi connectivity index (χ3v) is 6.37. The third-order valence-electron chi connectivity index (χ3n) is 6.37. The van der Waals surface area contributed by atoms with Crippen LogP contribution >= 0.6 is 0 Å². The molecule has 0 radical (unpaired) electrons. The highest BCUT2D eigenvalue weighted by atomic mass is 16.5. The van der Waals surface area contributed by atoms with Crippen LogP contribution in [-0.4, -0.2) is 5.97 Å². The van der Waals surface area contributed by atoms with Gasteiger partial charge in [-0.05, 0) is 58.7 Å². The van der Waals surface area contributed by atoms with Crippen LogP contribution in [0.1, 0.15) is 22.3 Å². The Labute approximate surface area is 235 Å². The monoisotopic (exact) mass is 519 g/mol. The van der Waals surface area contributed by atoms with Crippen molar-refractivity contribution in [3.05, 3.63) is 181 Å². The molecule has 0 N–H and O–H groups in total. The van der Waals surface area contributed by atoms with Crippen LogP contribution in [0.15, 0.2) is 158 Å². The summed E-state index contributed by atoms with van der Waals surface area (Å²) < 4.78 is 5.30. The van der Waals surface area contributed by atoms with Gasteiger partial charge in [-0.2, -0.15) is 0 Å². The molecule has 0 amide bonds. The number of hydrogen-bond acceptors (Lipinski definition) is 3. The zero-order valence-corrected chi connectivity index (χ0v) is 22.1. The van der Waals surface area contributed by atoms with Gasteiger partial charge in [0.25, 0.3) is 0 Å². The zero-order chi connectivity index (χ0) is 27.6. The molecule has 0 heterocycles. The van der Waals surface area contributed by atoms with Gasteiger partial charge in [0.05, 0.1) is 0 Å². The number of nitrogens with zero attached hydrogens (tertiary/aromatic N) is 1. The normalized spacial score (nSPS) is 10.6. The second-order valence-corrected chi connectivity index (χ2v) is 9.10. The predicted octanol–water partition coefficient (Wildman–Crippen LogP) is 9.18. The van der Waals surface area contributed by atoms with E-state index < -0.39 is 5.97 Å². The number of ether oxygens (including phenoxy) is 1. The van der Waals surface area contributed by atoms with Crippen molar-refractivity contribution in [2.75, 3.05) is 4.90 Å². The summed E-state index contributed by atoms with van der Waals surface area (Å²) in [7, 11) is 0. The summed E-state index contributed by atoms with van der Waals surface area (Å²) in [6.45, 7) is 3.47. The topological polar surface area (TPSA) is 29.5 Å². The molecule has 194 valence electrons. The van der Waals surface area contributed by atoms with Gasteiger partial charge in [-0.25, -0.2) is 4.79 Å². The van der Waals surface area contributed by atoms with Gasteiger partial charge >= 0.3 is 5.97 Å². The molecule has 5 aromatic rings. The molecule has 0 bridgehead atoms. The van der Waals surface area contributed by atoms with Gasteiger partial charge in [-0.3, -0.25) is 0 Å². The predicted molar refractivity (Wildman–Crippen MR) is 166 cm³/mol. The fourth-order valence-corrected chi connectivity index (χ4v) is 4.31. The molecule has 0 spiro atoms. The van der Waals surface area contributed by atoms with Crippen LogP contribution in [0.25, 0.3) is 17.7 Å². The van der Waals surface area contributed by atoms with Gasteiger partial charge in [0.15, 0.2) is 0 Å². The largest absolute Gasteiger partial charge is 0.423 e. The molecule has 0 aliphatic rings. The minimum absolute atomic E-state index is 0.463. The summed E-state index contributed by atoms with van der Waals surface area (Å²) in [6, 6.07) is 46.9. The fourth-order valence-electron chi connectivity index (χ4n) is 4.31. The van der Waals surface area contributed by atoms with E-state index in [9.17, 15) is 4.79 Å². The Balaban J connectivity index is 1.56. The van der Waals surface area contributed by atoms with E-state index in [1.807, 2.05) is 66.7 Å². The van der Waals surface area contributed by atoms with Gasteiger partial charge in [0.1, 0.15) is 5.75 Å². The standard InChI is InChI=1S/C37H29NO2/c1-2-37(39)40-35-26-24-34(25-27-35)38(28-36(31-14-8-4-9-15-31)32-16-10-5-11-17-32)33-22-20-30(21-23-33)19-18-29-12-6-3-7-13-29/h2-28H,1H2. The second kappa shape index (κ2) is 12.9. The lowest BCUT2D eigenvalue weighted by Gasteiger charge is -2.24. The Morgan fingerprint density at radius 3 is 1.52 bits per heavy atom. The number of esters is 1. The first kappa shape index (κ1) is 26.2. The first-order valence-corrected chi connectivity index (χ1v) is 13.1. The van der Waals surface area contributed by atoms with Crippen LogP contribution in [0.2, 0.25) is 0 Å². The van der Waals surface area contributed by atoms with Crippen molar-refractivity contribution in [2.45, 2.75) is 0 Å². The molecule has 5 rings (SSSR count). The Morgan fingerprint density at radius 2 is 1.02 bits per heavy atom. The van der Waals surface area contributed by atoms with Crippen LogP contribution in [0, 0.1) is 0 Å². The van der Waals surface area contributed by atoms with Gasteiger partial charge in [-0.15, -0.1) is 0 Å². The molecule has 0 fully saturated rings. The summed E-state index contributed by atoms with van der Waals surface area (Å²) in [5.74, 6) is -0.0237. The molecule has 0 aromatic heterocycles. The fraction of sp³-hybridized carbons (Fsp3) is 0. The smallest absolute Gasteiger partial charge is 0.335 e. The van der Waals surface area contributed by atoms with Gasteiger partial charge < -0.3 is 9.64 Å². The summed E-state index contributed by atoms with van der Waals surface area (Å²) in [4.78, 5) is 13.8. The number of hydrogen-bond donors (Lipinski definition) is 0. The molecule has 3 nitrogen and oxygen atoms in total. The molecule has 0 aliphatic heterocycles. The van der Waals surface area contributed by atoms with E-state index in [-0.39, 0.29) is 0 Å². The first-order valence-electron chi connectivity index (χ1n) is 13.1. The minimum Gasteiger partial charge on any atom is -0.423 e. The maximum Gasteiger partial charge on any atom is 0.335 e. The Bertz CT molecular complexity index is 1560. The minimum atomic E-state index is -0.487. The molecule has 0 saturated carbocycles. The number of anilines is 2. The van der Waals surface area contributed by atoms with Gasteiger partial charge in [0.2, 0.25) is 0 Å². The molecule has 0 saturated heterocycles. The van der Waals surface area contributed by atoms with Crippen molar-refractivity contribution in [2.24, 2.45) is 0 Å². The van der Waals surface area contributed by atoms with E-state index in [0.29, 0.717) is 5.75 Å². The van der Waals surface area contributed by atoms with Crippen LogP contribution in [0.5, 0.6) is 5.75 Å². The molecular weight excluding hydrogens is 490 g/mol. The van der Waals surface area contributed by atoms with Gasteiger partial charge in [-0.1, -0.05) is 122 Å². The molecule has 5 aromatic carbocycles. The van der Waals surface area contributed by atoms with Crippen molar-refractivity contribution in [3.8, 4) is 5.75 Å². The average molecular weight is 520 g/mol. The highest BCUT2D eigenvalue weighted by Crippen LogP contribution is 2.32. The Kier molecular flexibility index (Phi) is 8.45. The number of carbonyl (C=O) groups is 1. The molecule has 0 atom stereocenters. The molecule has 3 heteroatoms. The second-order valence-electron chi connectivity index (χ2n) is 9.10. The van der Waals surface area contributed by atoms with Crippen molar-refractivity contribution in [1.29, 1.82) is 0 Å². The Hall–Kier alpha value is -5.41. The Morgan fingerprint density at radius 1 is 0.575 bits per heavy atom. The first-order chi connectivity index (χ1) is 19.7. The SMILES string of the molecule is C=CC(=O)Oc1ccc(N(C=C(c2ccccc2)c2ccccc2)c2ccc(C=Cc3ccccc3)cc2)cc1. The lowest BCUT2D eigenvalue weighted by Crippen LogP contribution is -2.10. The molecule has 0 unspecified atom stereocenters. The van der Waals surface area contributed by atoms with E-state index >= 15 is 0 Å². The number of benzene rings is 5. The van der Waals surface area contributed by atoms with Crippen LogP contribution in [0.4, 0.5) is 11.4 Å². The quantitative estimate of drug-likeness (QED) is 0.0841. The molecular formula is C37H29NO2.